The van der Waals surface area contributed by atoms with Crippen LogP contribution in [-0.2, 0) is 16.1 Å². The second-order valence-electron chi connectivity index (χ2n) is 5.82. The maximum atomic E-state index is 12.4. The fraction of sp³-hybridized carbons (Fsp3) is 0.278. The highest BCUT2D eigenvalue weighted by Crippen LogP contribution is 2.20. The van der Waals surface area contributed by atoms with Gasteiger partial charge in [0.15, 0.2) is 5.43 Å². The van der Waals surface area contributed by atoms with Crippen LogP contribution in [0.4, 0.5) is 11.4 Å². The van der Waals surface area contributed by atoms with Gasteiger partial charge >= 0.3 is 0 Å². The number of amides is 2. The Morgan fingerprint density at radius 2 is 1.62 bits per heavy atom. The van der Waals surface area contributed by atoms with Crippen molar-refractivity contribution in [3.05, 3.63) is 57.5 Å². The fourth-order valence-electron chi connectivity index (χ4n) is 2.51. The molecule has 0 aliphatic heterocycles. The maximum absolute atomic E-state index is 12.4. The van der Waals surface area contributed by atoms with Crippen LogP contribution >= 0.6 is 0 Å². The smallest absolute Gasteiger partial charge is 0.244 e. The first kappa shape index (κ1) is 17.5. The summed E-state index contributed by atoms with van der Waals surface area (Å²) in [5, 5.41) is 5.54. The highest BCUT2D eigenvalue weighted by Gasteiger charge is 2.10. The van der Waals surface area contributed by atoms with Gasteiger partial charge in [-0.15, -0.1) is 0 Å². The van der Waals surface area contributed by atoms with Crippen molar-refractivity contribution >= 4 is 23.2 Å². The number of hydrogen-bond acceptors (Lipinski definition) is 3. The Bertz CT molecular complexity index is 827. The van der Waals surface area contributed by atoms with E-state index in [1.54, 1.807) is 30.5 Å². The normalized spacial score (nSPS) is 10.3. The molecule has 0 aliphatic carbocycles. The second-order valence-corrected chi connectivity index (χ2v) is 5.82. The first-order valence-corrected chi connectivity index (χ1v) is 7.62. The van der Waals surface area contributed by atoms with Crippen LogP contribution in [0.5, 0.6) is 0 Å². The van der Waals surface area contributed by atoms with Crippen LogP contribution in [0.15, 0.2) is 35.1 Å². The standard InChI is InChI=1S/C18H21N3O3/c1-11-5-6-15(19-14(4)22)9-17(11)20-18(24)10-21-12(2)7-16(23)8-13(21)3/h5-9H,10H2,1-4H3,(H,19,22)(H,20,24). The second kappa shape index (κ2) is 7.12. The Hall–Kier alpha value is -2.89. The van der Waals surface area contributed by atoms with E-state index in [0.29, 0.717) is 11.4 Å². The molecule has 2 rings (SSSR count). The average Bonchev–Trinajstić information content (AvgIpc) is 2.46. The lowest BCUT2D eigenvalue weighted by atomic mass is 10.1. The van der Waals surface area contributed by atoms with E-state index in [1.165, 1.54) is 19.1 Å². The van der Waals surface area contributed by atoms with Crippen LogP contribution in [0, 0.1) is 20.8 Å². The van der Waals surface area contributed by atoms with E-state index in [-0.39, 0.29) is 23.8 Å². The predicted molar refractivity (Wildman–Crippen MR) is 94.3 cm³/mol. The van der Waals surface area contributed by atoms with Crippen LogP contribution in [0.3, 0.4) is 0 Å². The largest absolute Gasteiger partial charge is 0.340 e. The van der Waals surface area contributed by atoms with Gasteiger partial charge in [-0.25, -0.2) is 0 Å². The van der Waals surface area contributed by atoms with E-state index in [4.69, 9.17) is 0 Å². The molecule has 0 saturated heterocycles. The minimum absolute atomic E-state index is 0.0690. The summed E-state index contributed by atoms with van der Waals surface area (Å²) in [7, 11) is 0. The third-order valence-electron chi connectivity index (χ3n) is 3.69. The van der Waals surface area contributed by atoms with Gasteiger partial charge in [0, 0.05) is 41.8 Å². The van der Waals surface area contributed by atoms with Crippen molar-refractivity contribution in [3.63, 3.8) is 0 Å². The van der Waals surface area contributed by atoms with Crippen LogP contribution in [0.1, 0.15) is 23.9 Å². The summed E-state index contributed by atoms with van der Waals surface area (Å²) >= 11 is 0. The molecule has 1 aromatic carbocycles. The minimum Gasteiger partial charge on any atom is -0.340 e. The van der Waals surface area contributed by atoms with Crippen molar-refractivity contribution in [2.45, 2.75) is 34.2 Å². The number of nitrogens with one attached hydrogen (secondary N) is 2. The topological polar surface area (TPSA) is 80.2 Å². The van der Waals surface area contributed by atoms with E-state index in [9.17, 15) is 14.4 Å². The Morgan fingerprint density at radius 3 is 2.21 bits per heavy atom. The third kappa shape index (κ3) is 4.32. The van der Waals surface area contributed by atoms with Crippen LogP contribution in [0.2, 0.25) is 0 Å². The van der Waals surface area contributed by atoms with Gasteiger partial charge in [-0.2, -0.15) is 0 Å². The van der Waals surface area contributed by atoms with E-state index in [0.717, 1.165) is 17.0 Å². The Morgan fingerprint density at radius 1 is 1.00 bits per heavy atom. The van der Waals surface area contributed by atoms with Gasteiger partial charge in [0.1, 0.15) is 6.54 Å². The molecule has 0 fully saturated rings. The number of carbonyl (C=O) groups excluding carboxylic acids is 2. The summed E-state index contributed by atoms with van der Waals surface area (Å²) in [6, 6.07) is 8.34. The molecule has 24 heavy (non-hydrogen) atoms. The van der Waals surface area contributed by atoms with Gasteiger partial charge in [0.05, 0.1) is 0 Å². The first-order valence-electron chi connectivity index (χ1n) is 7.62. The van der Waals surface area contributed by atoms with Crippen molar-refractivity contribution in [1.82, 2.24) is 4.57 Å². The number of pyridine rings is 1. The highest BCUT2D eigenvalue weighted by molar-refractivity contribution is 5.94. The number of nitrogens with zero attached hydrogens (tertiary/aromatic N) is 1. The summed E-state index contributed by atoms with van der Waals surface area (Å²) in [5.74, 6) is -0.372. The summed E-state index contributed by atoms with van der Waals surface area (Å²) < 4.78 is 1.78. The Balaban J connectivity index is 2.18. The zero-order valence-corrected chi connectivity index (χ0v) is 14.3. The SMILES string of the molecule is CC(=O)Nc1ccc(C)c(NC(=O)Cn2c(C)cc(=O)cc2C)c1. The lowest BCUT2D eigenvalue weighted by molar-refractivity contribution is -0.117. The molecule has 0 atom stereocenters. The molecular formula is C18H21N3O3. The molecule has 6 heteroatoms. The number of benzene rings is 1. The van der Waals surface area contributed by atoms with Crippen molar-refractivity contribution in [2.24, 2.45) is 0 Å². The highest BCUT2D eigenvalue weighted by atomic mass is 16.2. The van der Waals surface area contributed by atoms with Crippen LogP contribution in [0.25, 0.3) is 0 Å². The Kier molecular flexibility index (Phi) is 5.18. The zero-order valence-electron chi connectivity index (χ0n) is 14.3. The van der Waals surface area contributed by atoms with Gasteiger partial charge in [-0.1, -0.05) is 6.07 Å². The van der Waals surface area contributed by atoms with Crippen LogP contribution < -0.4 is 16.1 Å². The summed E-state index contributed by atoms with van der Waals surface area (Å²) in [6.45, 7) is 7.01. The zero-order chi connectivity index (χ0) is 17.9. The summed E-state index contributed by atoms with van der Waals surface area (Å²) in [5.41, 5.74) is 3.56. The lowest BCUT2D eigenvalue weighted by Crippen LogP contribution is -2.23. The monoisotopic (exact) mass is 327 g/mol. The van der Waals surface area contributed by atoms with E-state index in [1.807, 2.05) is 13.0 Å². The average molecular weight is 327 g/mol. The fourth-order valence-corrected chi connectivity index (χ4v) is 2.51. The maximum Gasteiger partial charge on any atom is 0.244 e. The molecule has 2 aromatic rings. The summed E-state index contributed by atoms with van der Waals surface area (Å²) in [4.78, 5) is 35.0. The van der Waals surface area contributed by atoms with E-state index >= 15 is 0 Å². The molecule has 0 aliphatic rings. The van der Waals surface area contributed by atoms with Gasteiger partial charge in [0.25, 0.3) is 0 Å². The number of hydrogen-bond donors (Lipinski definition) is 2. The summed E-state index contributed by atoms with van der Waals surface area (Å²) in [6.07, 6.45) is 0. The van der Waals surface area contributed by atoms with Gasteiger partial charge in [-0.05, 0) is 38.5 Å². The molecule has 0 bridgehead atoms. The molecular weight excluding hydrogens is 306 g/mol. The molecule has 2 amide bonds. The molecule has 6 nitrogen and oxygen atoms in total. The predicted octanol–water partition coefficient (Wildman–Crippen LogP) is 2.37. The van der Waals surface area contributed by atoms with E-state index in [2.05, 4.69) is 10.6 Å². The molecule has 1 aromatic heterocycles. The number of aryl methyl sites for hydroxylation is 3. The van der Waals surface area contributed by atoms with Gasteiger partial charge < -0.3 is 15.2 Å². The molecule has 126 valence electrons. The van der Waals surface area contributed by atoms with Crippen molar-refractivity contribution in [1.29, 1.82) is 0 Å². The number of anilines is 2. The number of aromatic nitrogens is 1. The third-order valence-corrected chi connectivity index (χ3v) is 3.69. The van der Waals surface area contributed by atoms with Crippen LogP contribution in [-0.4, -0.2) is 16.4 Å². The number of rotatable bonds is 4. The Labute approximate surface area is 140 Å². The molecule has 0 saturated carbocycles. The minimum atomic E-state index is -0.201. The quantitative estimate of drug-likeness (QED) is 0.905. The van der Waals surface area contributed by atoms with Gasteiger partial charge in [-0.3, -0.25) is 14.4 Å². The molecule has 0 unspecified atom stereocenters. The molecule has 0 spiro atoms. The first-order chi connectivity index (χ1) is 11.3. The molecule has 1 heterocycles. The van der Waals surface area contributed by atoms with Crippen molar-refractivity contribution in [2.75, 3.05) is 10.6 Å². The lowest BCUT2D eigenvalue weighted by Gasteiger charge is -2.15. The number of carbonyl (C=O) groups is 2. The molecule has 0 radical (unpaired) electrons. The van der Waals surface area contributed by atoms with Gasteiger partial charge in [0.2, 0.25) is 11.8 Å². The van der Waals surface area contributed by atoms with E-state index < -0.39 is 0 Å². The van der Waals surface area contributed by atoms with Crippen molar-refractivity contribution < 1.29 is 9.59 Å². The van der Waals surface area contributed by atoms with Crippen molar-refractivity contribution in [3.8, 4) is 0 Å². The molecule has 2 N–H and O–H groups in total.